The van der Waals surface area contributed by atoms with E-state index in [-0.39, 0.29) is 4.29 Å². The molecule has 0 aliphatic carbocycles. The molecule has 1 N–H and O–H groups in total. The first-order valence-corrected chi connectivity index (χ1v) is 4.58. The summed E-state index contributed by atoms with van der Waals surface area (Å²) < 4.78 is 0.362. The molecule has 0 fully saturated rings. The van der Waals surface area contributed by atoms with Gasteiger partial charge in [0.2, 0.25) is 0 Å². The predicted molar refractivity (Wildman–Crippen MR) is 43.5 cm³/mol. The van der Waals surface area contributed by atoms with E-state index < -0.39 is 6.10 Å². The Kier molecular flexibility index (Phi) is 5.26. The van der Waals surface area contributed by atoms with E-state index in [4.69, 9.17) is 16.7 Å². The number of halogens is 3. The third-order valence-corrected chi connectivity index (χ3v) is 2.25. The first kappa shape index (κ1) is 8.46. The molecule has 4 heteroatoms. The van der Waals surface area contributed by atoms with E-state index in [1.54, 1.807) is 0 Å². The summed E-state index contributed by atoms with van der Waals surface area (Å²) in [5, 5.41) is 8.75. The summed E-state index contributed by atoms with van der Waals surface area (Å²) in [6.07, 6.45) is -0.428. The fraction of sp³-hybridized carbons (Fsp3) is 1.00. The lowest BCUT2D eigenvalue weighted by atomic mass is 10.5. The van der Waals surface area contributed by atoms with Crippen molar-refractivity contribution in [3.63, 3.8) is 0 Å². The number of aliphatic hydroxyl groups is 1. The van der Waals surface area contributed by atoms with Crippen LogP contribution in [0.1, 0.15) is 0 Å². The van der Waals surface area contributed by atoms with Gasteiger partial charge in [-0.25, -0.2) is 0 Å². The van der Waals surface area contributed by atoms with Crippen molar-refractivity contribution in [2.45, 2.75) is 10.4 Å². The van der Waals surface area contributed by atoms with Crippen molar-refractivity contribution < 1.29 is 5.11 Å². The van der Waals surface area contributed by atoms with Crippen LogP contribution in [0, 0.1) is 0 Å². The van der Waals surface area contributed by atoms with Crippen molar-refractivity contribution in [3.05, 3.63) is 0 Å². The number of aliphatic hydroxyl groups excluding tert-OH is 1. The normalized spacial score (nSPS) is 18.9. The Hall–Kier alpha value is 1.46. The van der Waals surface area contributed by atoms with E-state index in [0.717, 1.165) is 0 Å². The molecule has 44 valence electrons. The molecule has 0 aromatic rings. The van der Waals surface area contributed by atoms with Crippen LogP contribution in [0.15, 0.2) is 0 Å². The lowest BCUT2D eigenvalue weighted by molar-refractivity contribution is 0.220. The molecule has 7 heavy (non-hydrogen) atoms. The molecule has 2 atom stereocenters. The fourth-order valence-corrected chi connectivity index (χ4v) is 1.85. The summed E-state index contributed by atoms with van der Waals surface area (Å²) in [4.78, 5) is 0. The van der Waals surface area contributed by atoms with E-state index in [0.29, 0.717) is 4.43 Å². The molecular formula is C3H5BrClIO. The van der Waals surface area contributed by atoms with Gasteiger partial charge in [-0.2, -0.15) is 0 Å². The maximum absolute atomic E-state index is 8.75. The van der Waals surface area contributed by atoms with E-state index >= 15 is 0 Å². The SMILES string of the molecule is OC(CI)C(Cl)Br. The third kappa shape index (κ3) is 4.00. The maximum Gasteiger partial charge on any atom is 0.115 e. The minimum Gasteiger partial charge on any atom is -0.390 e. The maximum atomic E-state index is 8.75. The largest absolute Gasteiger partial charge is 0.390 e. The lowest BCUT2D eigenvalue weighted by Gasteiger charge is -2.04. The molecule has 0 aromatic carbocycles. The molecule has 0 saturated heterocycles. The highest BCUT2D eigenvalue weighted by atomic mass is 127. The molecule has 0 saturated carbocycles. The van der Waals surface area contributed by atoms with Gasteiger partial charge in [0.15, 0.2) is 0 Å². The summed E-state index contributed by atoms with van der Waals surface area (Å²) in [5.74, 6) is 0. The molecule has 0 aliphatic rings. The second-order valence-electron chi connectivity index (χ2n) is 1.06. The zero-order valence-corrected chi connectivity index (χ0v) is 7.94. The van der Waals surface area contributed by atoms with Crippen LogP contribution in [0.25, 0.3) is 0 Å². The Morgan fingerprint density at radius 3 is 2.29 bits per heavy atom. The van der Waals surface area contributed by atoms with E-state index in [2.05, 4.69) is 38.5 Å². The summed E-state index contributed by atoms with van der Waals surface area (Å²) in [5.41, 5.74) is 0. The number of alkyl halides is 3. The van der Waals surface area contributed by atoms with Gasteiger partial charge in [0.1, 0.15) is 4.29 Å². The van der Waals surface area contributed by atoms with Crippen LogP contribution in [0.3, 0.4) is 0 Å². The van der Waals surface area contributed by atoms with Crippen LogP contribution < -0.4 is 0 Å². The van der Waals surface area contributed by atoms with Crippen LogP contribution in [-0.4, -0.2) is 19.9 Å². The lowest BCUT2D eigenvalue weighted by Crippen LogP contribution is -2.15. The second kappa shape index (κ2) is 4.35. The van der Waals surface area contributed by atoms with Gasteiger partial charge in [0.05, 0.1) is 6.10 Å². The third-order valence-electron chi connectivity index (χ3n) is 0.449. The molecule has 0 radical (unpaired) electrons. The number of rotatable bonds is 2. The molecule has 0 spiro atoms. The monoisotopic (exact) mass is 298 g/mol. The molecule has 0 bridgehead atoms. The zero-order chi connectivity index (χ0) is 5.86. The Morgan fingerprint density at radius 2 is 2.29 bits per heavy atom. The Bertz CT molecular complexity index is 52.2. The Balaban J connectivity index is 3.14. The highest BCUT2D eigenvalue weighted by molar-refractivity contribution is 14.1. The van der Waals surface area contributed by atoms with Crippen molar-refractivity contribution in [1.82, 2.24) is 0 Å². The van der Waals surface area contributed by atoms with Crippen LogP contribution in [0.2, 0.25) is 0 Å². The minimum atomic E-state index is -0.428. The molecule has 0 aliphatic heterocycles. The summed E-state index contributed by atoms with van der Waals surface area (Å²) in [7, 11) is 0. The molecule has 1 nitrogen and oxygen atoms in total. The van der Waals surface area contributed by atoms with Crippen LogP contribution in [-0.2, 0) is 0 Å². The number of hydrogen-bond acceptors (Lipinski definition) is 1. The minimum absolute atomic E-state index is 0.301. The molecule has 0 rings (SSSR count). The molecule has 0 heterocycles. The van der Waals surface area contributed by atoms with Crippen LogP contribution >= 0.6 is 50.1 Å². The van der Waals surface area contributed by atoms with Crippen molar-refractivity contribution in [3.8, 4) is 0 Å². The predicted octanol–water partition coefficient (Wildman–Crippen LogP) is 1.74. The molecular weight excluding hydrogens is 294 g/mol. The summed E-state index contributed by atoms with van der Waals surface area (Å²) in [6, 6.07) is 0. The highest BCUT2D eigenvalue weighted by Gasteiger charge is 2.08. The van der Waals surface area contributed by atoms with Crippen molar-refractivity contribution >= 4 is 50.1 Å². The average molecular weight is 299 g/mol. The quantitative estimate of drug-likeness (QED) is 0.608. The fourth-order valence-electron chi connectivity index (χ4n) is 0.0673. The molecule has 0 aromatic heterocycles. The second-order valence-corrected chi connectivity index (χ2v) is 3.92. The summed E-state index contributed by atoms with van der Waals surface area (Å²) >= 11 is 10.5. The van der Waals surface area contributed by atoms with Gasteiger partial charge in [0.25, 0.3) is 0 Å². The molecule has 2 unspecified atom stereocenters. The van der Waals surface area contributed by atoms with Gasteiger partial charge in [0, 0.05) is 4.43 Å². The topological polar surface area (TPSA) is 20.2 Å². The Labute approximate surface area is 69.7 Å². The van der Waals surface area contributed by atoms with Gasteiger partial charge < -0.3 is 5.11 Å². The highest BCUT2D eigenvalue weighted by Crippen LogP contribution is 2.11. The van der Waals surface area contributed by atoms with Crippen molar-refractivity contribution in [2.24, 2.45) is 0 Å². The van der Waals surface area contributed by atoms with Crippen molar-refractivity contribution in [1.29, 1.82) is 0 Å². The van der Waals surface area contributed by atoms with Gasteiger partial charge in [-0.15, -0.1) is 11.6 Å². The molecule has 0 amide bonds. The van der Waals surface area contributed by atoms with Gasteiger partial charge in [-0.3, -0.25) is 0 Å². The number of hydrogen-bond donors (Lipinski definition) is 1. The van der Waals surface area contributed by atoms with Crippen molar-refractivity contribution in [2.75, 3.05) is 4.43 Å². The van der Waals surface area contributed by atoms with E-state index in [1.807, 2.05) is 0 Å². The van der Waals surface area contributed by atoms with Crippen LogP contribution in [0.4, 0.5) is 0 Å². The van der Waals surface area contributed by atoms with Crippen LogP contribution in [0.5, 0.6) is 0 Å². The van der Waals surface area contributed by atoms with Gasteiger partial charge >= 0.3 is 0 Å². The van der Waals surface area contributed by atoms with Gasteiger partial charge in [-0.05, 0) is 0 Å². The first-order chi connectivity index (χ1) is 3.18. The van der Waals surface area contributed by atoms with Gasteiger partial charge in [-0.1, -0.05) is 38.5 Å². The van der Waals surface area contributed by atoms with E-state index in [9.17, 15) is 0 Å². The first-order valence-electron chi connectivity index (χ1n) is 1.70. The zero-order valence-electron chi connectivity index (χ0n) is 3.44. The standard InChI is InChI=1S/C3H5BrClIO/c4-3(5)2(7)1-6/h2-3,7H,1H2. The summed E-state index contributed by atoms with van der Waals surface area (Å²) in [6.45, 7) is 0. The Morgan fingerprint density at radius 1 is 1.86 bits per heavy atom. The average Bonchev–Trinajstić information content (AvgIpc) is 1.65. The smallest absolute Gasteiger partial charge is 0.115 e. The van der Waals surface area contributed by atoms with E-state index in [1.165, 1.54) is 0 Å².